The zero-order chi connectivity index (χ0) is 49.9. The van der Waals surface area contributed by atoms with Crippen LogP contribution in [-0.2, 0) is 32.7 Å². The van der Waals surface area contributed by atoms with Gasteiger partial charge in [-0.25, -0.2) is 9.36 Å². The summed E-state index contributed by atoms with van der Waals surface area (Å²) in [7, 11) is -4.78. The van der Waals surface area contributed by atoms with E-state index in [1.54, 1.807) is 0 Å². The van der Waals surface area contributed by atoms with Crippen LogP contribution in [0.3, 0.4) is 0 Å². The van der Waals surface area contributed by atoms with Crippen molar-refractivity contribution >= 4 is 25.7 Å². The monoisotopic (exact) mass is 974 g/mol. The number of carbonyl (C=O) groups is 3. The van der Waals surface area contributed by atoms with Crippen LogP contribution in [0.1, 0.15) is 219 Å². The number of rotatable bonds is 49. The fraction of sp³-hybridized carbons (Fsp3) is 0.696. The molecule has 0 aromatic rings. The van der Waals surface area contributed by atoms with Gasteiger partial charge in [-0.15, -0.1) is 0 Å². The molecule has 0 aromatic carbocycles. The first-order valence-corrected chi connectivity index (χ1v) is 28.1. The van der Waals surface area contributed by atoms with Crippen LogP contribution in [0.25, 0.3) is 0 Å². The molecule has 0 aromatic heterocycles. The van der Waals surface area contributed by atoms with Crippen LogP contribution in [0.4, 0.5) is 0 Å². The number of esters is 1. The maximum atomic E-state index is 12.4. The van der Waals surface area contributed by atoms with Gasteiger partial charge in [-0.05, 0) is 89.9 Å². The molecule has 0 fully saturated rings. The van der Waals surface area contributed by atoms with Gasteiger partial charge in [0.1, 0.15) is 12.7 Å². The molecule has 0 heterocycles. The van der Waals surface area contributed by atoms with Crippen molar-refractivity contribution < 1.29 is 47.8 Å². The average molecular weight is 974 g/mol. The minimum atomic E-state index is -4.78. The number of carboxylic acid groups (broad SMARTS) is 1. The third-order valence-corrected chi connectivity index (χ3v) is 12.1. The van der Waals surface area contributed by atoms with E-state index < -0.39 is 57.6 Å². The number of carbonyl (C=O) groups excluding carboxylic acids is 2. The third-order valence-electron chi connectivity index (χ3n) is 11.2. The molecule has 0 saturated heterocycles. The van der Waals surface area contributed by atoms with Crippen molar-refractivity contribution in [3.05, 3.63) is 85.1 Å². The van der Waals surface area contributed by atoms with Crippen molar-refractivity contribution in [2.75, 3.05) is 19.8 Å². The van der Waals surface area contributed by atoms with E-state index >= 15 is 0 Å². The summed E-state index contributed by atoms with van der Waals surface area (Å²) in [6.07, 6.45) is 63.2. The summed E-state index contributed by atoms with van der Waals surface area (Å²) >= 11 is 0. The summed E-state index contributed by atoms with van der Waals surface area (Å²) in [5.74, 6) is -2.42. The van der Waals surface area contributed by atoms with E-state index in [1.807, 2.05) is 0 Å². The highest BCUT2D eigenvalue weighted by molar-refractivity contribution is 7.47. The highest BCUT2D eigenvalue weighted by Gasteiger charge is 2.28. The Kier molecular flexibility index (Phi) is 47.6. The number of amides is 1. The number of nitrogens with one attached hydrogen (secondary N) is 1. The molecular formula is C56H96NO10P. The van der Waals surface area contributed by atoms with Gasteiger partial charge in [0.25, 0.3) is 0 Å². The Morgan fingerprint density at radius 3 is 1.31 bits per heavy atom. The standard InChI is InChI=1S/C56H96NO10P/c1-3-5-7-9-11-13-15-17-19-21-23-25-26-28-29-31-33-35-37-39-41-43-45-47-54(59)57-53(56(61)62)51-67-68(63,64)66-50-52(58)49-65-55(60)48-46-44-42-40-38-36-34-32-30-27-24-22-20-18-16-14-12-10-8-6-4-2/h6,8,12,14,17-20,24,27,32,34,38,40,52-53,58H,3-5,7,9-11,13,15-16,21-23,25-26,28-31,33,35-37,39,41-51H2,1-2H3,(H,57,59)(H,61,62)(H,63,64)/b8-6-,14-12-,19-17+,20-18-,27-24-,34-32-,40-38-. The second kappa shape index (κ2) is 50.1. The van der Waals surface area contributed by atoms with Gasteiger partial charge >= 0.3 is 19.8 Å². The van der Waals surface area contributed by atoms with Gasteiger partial charge in [-0.2, -0.15) is 0 Å². The lowest BCUT2D eigenvalue weighted by Crippen LogP contribution is -2.43. The lowest BCUT2D eigenvalue weighted by Gasteiger charge is -2.18. The predicted molar refractivity (Wildman–Crippen MR) is 281 cm³/mol. The Labute approximate surface area is 413 Å². The number of allylic oxidation sites excluding steroid dienone is 14. The fourth-order valence-corrected chi connectivity index (χ4v) is 7.85. The van der Waals surface area contributed by atoms with Crippen LogP contribution in [0.5, 0.6) is 0 Å². The minimum absolute atomic E-state index is 0.140. The number of carboxylic acids is 1. The first-order valence-electron chi connectivity index (χ1n) is 26.6. The summed E-state index contributed by atoms with van der Waals surface area (Å²) in [6.45, 7) is 2.45. The molecule has 0 aliphatic carbocycles. The fourth-order valence-electron chi connectivity index (χ4n) is 7.08. The lowest BCUT2D eigenvalue weighted by atomic mass is 10.0. The number of phosphoric ester groups is 1. The molecule has 3 unspecified atom stereocenters. The van der Waals surface area contributed by atoms with Gasteiger partial charge in [-0.3, -0.25) is 18.6 Å². The second-order valence-corrected chi connectivity index (χ2v) is 19.1. The number of ether oxygens (including phenoxy) is 1. The largest absolute Gasteiger partial charge is 0.480 e. The SMILES string of the molecule is CC/C=C\C/C=C\C/C=C\C/C=C\C/C=C\C/C=C\CCCCC(=O)OCC(O)COP(=O)(O)OCC(NC(=O)CCCCCCCCCCCCCCC/C=C/CCCCCCCC)C(=O)O. The number of aliphatic hydroxyl groups is 1. The molecule has 0 aliphatic rings. The number of hydrogen-bond donors (Lipinski definition) is 4. The van der Waals surface area contributed by atoms with Crippen molar-refractivity contribution in [3.63, 3.8) is 0 Å². The molecule has 11 nitrogen and oxygen atoms in total. The summed E-state index contributed by atoms with van der Waals surface area (Å²) in [5, 5.41) is 21.9. The molecule has 390 valence electrons. The van der Waals surface area contributed by atoms with E-state index in [0.29, 0.717) is 12.8 Å². The zero-order valence-electron chi connectivity index (χ0n) is 42.6. The van der Waals surface area contributed by atoms with Gasteiger partial charge in [0.15, 0.2) is 6.04 Å². The molecule has 0 radical (unpaired) electrons. The van der Waals surface area contributed by atoms with Crippen LogP contribution in [-0.4, -0.2) is 64.9 Å². The molecule has 3 atom stereocenters. The summed E-state index contributed by atoms with van der Waals surface area (Å²) in [6, 6.07) is -1.56. The third kappa shape index (κ3) is 49.1. The minimum Gasteiger partial charge on any atom is -0.480 e. The Morgan fingerprint density at radius 2 is 0.853 bits per heavy atom. The Balaban J connectivity index is 3.88. The average Bonchev–Trinajstić information content (AvgIpc) is 3.32. The smallest absolute Gasteiger partial charge is 0.472 e. The molecule has 0 aliphatic heterocycles. The number of hydrogen-bond acceptors (Lipinski definition) is 8. The highest BCUT2D eigenvalue weighted by atomic mass is 31.2. The Morgan fingerprint density at radius 1 is 0.485 bits per heavy atom. The van der Waals surface area contributed by atoms with Crippen molar-refractivity contribution in [2.45, 2.75) is 231 Å². The quantitative estimate of drug-likeness (QED) is 0.0199. The van der Waals surface area contributed by atoms with Crippen molar-refractivity contribution in [1.82, 2.24) is 5.32 Å². The first kappa shape index (κ1) is 64.7. The molecular weight excluding hydrogens is 878 g/mol. The van der Waals surface area contributed by atoms with E-state index in [-0.39, 0.29) is 12.8 Å². The second-order valence-electron chi connectivity index (χ2n) is 17.7. The van der Waals surface area contributed by atoms with Crippen LogP contribution in [0.15, 0.2) is 85.1 Å². The molecule has 68 heavy (non-hydrogen) atoms. The van der Waals surface area contributed by atoms with Gasteiger partial charge in [-0.1, -0.05) is 202 Å². The van der Waals surface area contributed by atoms with E-state index in [9.17, 15) is 34.1 Å². The van der Waals surface area contributed by atoms with Crippen molar-refractivity contribution in [3.8, 4) is 0 Å². The van der Waals surface area contributed by atoms with Crippen LogP contribution in [0.2, 0.25) is 0 Å². The molecule has 0 bridgehead atoms. The maximum absolute atomic E-state index is 12.4. The van der Waals surface area contributed by atoms with E-state index in [1.165, 1.54) is 109 Å². The molecule has 0 spiro atoms. The van der Waals surface area contributed by atoms with Crippen LogP contribution in [0, 0.1) is 0 Å². The molecule has 1 amide bonds. The Hall–Kier alpha value is -3.34. The highest BCUT2D eigenvalue weighted by Crippen LogP contribution is 2.43. The van der Waals surface area contributed by atoms with Gasteiger partial charge in [0.05, 0.1) is 13.2 Å². The van der Waals surface area contributed by atoms with E-state index in [4.69, 9.17) is 13.8 Å². The summed E-state index contributed by atoms with van der Waals surface area (Å²) in [5.41, 5.74) is 0. The zero-order valence-corrected chi connectivity index (χ0v) is 43.5. The van der Waals surface area contributed by atoms with E-state index in [0.717, 1.165) is 70.6 Å². The van der Waals surface area contributed by atoms with Crippen LogP contribution < -0.4 is 5.32 Å². The molecule has 0 rings (SSSR count). The van der Waals surface area contributed by atoms with Gasteiger partial charge in [0.2, 0.25) is 5.91 Å². The molecule has 0 saturated carbocycles. The molecule has 4 N–H and O–H groups in total. The van der Waals surface area contributed by atoms with E-state index in [2.05, 4.69) is 104 Å². The number of phosphoric acid groups is 1. The van der Waals surface area contributed by atoms with Gasteiger partial charge in [0, 0.05) is 12.8 Å². The van der Waals surface area contributed by atoms with Crippen LogP contribution >= 0.6 is 7.82 Å². The first-order chi connectivity index (χ1) is 33.1. The maximum Gasteiger partial charge on any atom is 0.472 e. The number of aliphatic hydroxyl groups excluding tert-OH is 1. The summed E-state index contributed by atoms with van der Waals surface area (Å²) < 4.78 is 26.9. The predicted octanol–water partition coefficient (Wildman–Crippen LogP) is 15.0. The Bertz CT molecular complexity index is 1470. The number of aliphatic carboxylic acids is 1. The summed E-state index contributed by atoms with van der Waals surface area (Å²) in [4.78, 5) is 46.2. The number of unbranched alkanes of at least 4 members (excludes halogenated alkanes) is 21. The normalized spacial score (nSPS) is 14.2. The topological polar surface area (TPSA) is 169 Å². The lowest BCUT2D eigenvalue weighted by molar-refractivity contribution is -0.147. The van der Waals surface area contributed by atoms with Crippen molar-refractivity contribution in [2.24, 2.45) is 0 Å². The molecule has 12 heteroatoms. The van der Waals surface area contributed by atoms with Crippen molar-refractivity contribution in [1.29, 1.82) is 0 Å². The van der Waals surface area contributed by atoms with Gasteiger partial charge < -0.3 is 25.2 Å².